The molecule has 8 heteroatoms. The molecule has 1 aliphatic heterocycles. The summed E-state index contributed by atoms with van der Waals surface area (Å²) in [5.74, 6) is 0.474. The van der Waals surface area contributed by atoms with Crippen LogP contribution in [0.2, 0.25) is 0 Å². The van der Waals surface area contributed by atoms with E-state index in [9.17, 15) is 10.1 Å². The van der Waals surface area contributed by atoms with Crippen LogP contribution in [-0.4, -0.2) is 59.1 Å². The minimum absolute atomic E-state index is 0.0174. The highest BCUT2D eigenvalue weighted by Gasteiger charge is 2.32. The van der Waals surface area contributed by atoms with E-state index in [0.29, 0.717) is 5.82 Å². The van der Waals surface area contributed by atoms with Gasteiger partial charge in [0.2, 0.25) is 5.82 Å². The molecule has 1 saturated carbocycles. The molecule has 3 rings (SSSR count). The van der Waals surface area contributed by atoms with Gasteiger partial charge in [-0.3, -0.25) is 10.1 Å². The summed E-state index contributed by atoms with van der Waals surface area (Å²) in [7, 11) is 3.98. The van der Waals surface area contributed by atoms with Crippen LogP contribution in [0.15, 0.2) is 6.33 Å². The molecule has 138 valence electrons. The van der Waals surface area contributed by atoms with Gasteiger partial charge in [0.05, 0.1) is 4.92 Å². The Hall–Kier alpha value is -1.96. The van der Waals surface area contributed by atoms with Crippen molar-refractivity contribution in [3.05, 3.63) is 16.4 Å². The van der Waals surface area contributed by atoms with Crippen LogP contribution in [0.4, 0.5) is 11.5 Å². The van der Waals surface area contributed by atoms with Crippen LogP contribution in [0, 0.1) is 10.1 Å². The first-order chi connectivity index (χ1) is 12.1. The Kier molecular flexibility index (Phi) is 5.67. The van der Waals surface area contributed by atoms with Crippen molar-refractivity contribution in [2.75, 3.05) is 32.1 Å². The van der Waals surface area contributed by atoms with Gasteiger partial charge in [0.15, 0.2) is 0 Å². The monoisotopic (exact) mass is 349 g/mol. The molecule has 0 aromatic carbocycles. The number of hydrogen-bond acceptors (Lipinski definition) is 7. The molecule has 0 bridgehead atoms. The van der Waals surface area contributed by atoms with Crippen molar-refractivity contribution in [2.24, 2.45) is 0 Å². The van der Waals surface area contributed by atoms with E-state index in [1.807, 2.05) is 11.9 Å². The van der Waals surface area contributed by atoms with Gasteiger partial charge in [0.1, 0.15) is 12.4 Å². The number of hydrogen-bond donors (Lipinski definition) is 0. The Morgan fingerprint density at radius 3 is 2.52 bits per heavy atom. The van der Waals surface area contributed by atoms with Crippen LogP contribution in [-0.2, 0) is 0 Å². The maximum Gasteiger partial charge on any atom is 0.372 e. The predicted octanol–water partition coefficient (Wildman–Crippen LogP) is 2.63. The molecule has 0 spiro atoms. The molecule has 1 saturated heterocycles. The van der Waals surface area contributed by atoms with Crippen LogP contribution in [0.5, 0.6) is 5.88 Å². The molecule has 8 nitrogen and oxygen atoms in total. The molecule has 1 aromatic rings. The molecule has 0 radical (unpaired) electrons. The molecule has 0 amide bonds. The summed E-state index contributed by atoms with van der Waals surface area (Å²) in [6.45, 7) is 1.97. The Balaban J connectivity index is 1.83. The van der Waals surface area contributed by atoms with E-state index in [-0.39, 0.29) is 23.7 Å². The fraction of sp³-hybridized carbons (Fsp3) is 0.765. The Bertz CT molecular complexity index is 598. The molecule has 2 fully saturated rings. The summed E-state index contributed by atoms with van der Waals surface area (Å²) >= 11 is 0. The summed E-state index contributed by atoms with van der Waals surface area (Å²) < 4.78 is 5.92. The molecule has 0 N–H and O–H groups in total. The van der Waals surface area contributed by atoms with E-state index in [1.165, 1.54) is 12.7 Å². The molecule has 0 atom stereocenters. The van der Waals surface area contributed by atoms with E-state index in [4.69, 9.17) is 4.74 Å². The molecule has 0 unspecified atom stereocenters. The van der Waals surface area contributed by atoms with Gasteiger partial charge in [-0.2, -0.15) is 4.98 Å². The zero-order chi connectivity index (χ0) is 17.8. The molecular formula is C17H27N5O3. The minimum Gasteiger partial charge on any atom is -0.469 e. The number of rotatable bonds is 5. The van der Waals surface area contributed by atoms with E-state index < -0.39 is 4.92 Å². The second-order valence-corrected chi connectivity index (χ2v) is 7.13. The largest absolute Gasteiger partial charge is 0.469 e. The number of nitrogens with zero attached hydrogens (tertiary/aromatic N) is 5. The highest BCUT2D eigenvalue weighted by Crippen LogP contribution is 2.36. The summed E-state index contributed by atoms with van der Waals surface area (Å²) in [6, 6.07) is 0.243. The van der Waals surface area contributed by atoms with E-state index in [1.54, 1.807) is 0 Å². The smallest absolute Gasteiger partial charge is 0.372 e. The standard InChI is InChI=1S/C17H27N5O3/c1-20-10-8-13(9-11-20)21(2)16-15(22(23)24)17(19-12-18-16)25-14-6-4-3-5-7-14/h12-14H,3-11H2,1-2H3. The molecule has 1 aromatic heterocycles. The van der Waals surface area contributed by atoms with Gasteiger partial charge in [-0.05, 0) is 58.7 Å². The van der Waals surface area contributed by atoms with Crippen molar-refractivity contribution in [2.45, 2.75) is 57.1 Å². The molecular weight excluding hydrogens is 322 g/mol. The van der Waals surface area contributed by atoms with Crippen molar-refractivity contribution >= 4 is 11.5 Å². The van der Waals surface area contributed by atoms with E-state index >= 15 is 0 Å². The number of piperidine rings is 1. The Morgan fingerprint density at radius 2 is 1.88 bits per heavy atom. The van der Waals surface area contributed by atoms with Crippen molar-refractivity contribution in [1.29, 1.82) is 0 Å². The van der Waals surface area contributed by atoms with Crippen LogP contribution in [0.3, 0.4) is 0 Å². The topological polar surface area (TPSA) is 84.6 Å². The third-order valence-electron chi connectivity index (χ3n) is 5.35. The van der Waals surface area contributed by atoms with Crippen LogP contribution >= 0.6 is 0 Å². The van der Waals surface area contributed by atoms with E-state index in [0.717, 1.165) is 51.6 Å². The van der Waals surface area contributed by atoms with Crippen molar-refractivity contribution < 1.29 is 9.66 Å². The van der Waals surface area contributed by atoms with E-state index in [2.05, 4.69) is 21.9 Å². The SMILES string of the molecule is CN1CCC(N(C)c2ncnc(OC3CCCCC3)c2[N+](=O)[O-])CC1. The molecule has 2 heterocycles. The highest BCUT2D eigenvalue weighted by molar-refractivity contribution is 5.63. The maximum atomic E-state index is 11.7. The number of likely N-dealkylation sites (tertiary alicyclic amines) is 1. The molecule has 2 aliphatic rings. The number of aromatic nitrogens is 2. The van der Waals surface area contributed by atoms with Gasteiger partial charge in [-0.15, -0.1) is 0 Å². The summed E-state index contributed by atoms with van der Waals surface area (Å²) in [5, 5.41) is 11.7. The van der Waals surface area contributed by atoms with Gasteiger partial charge in [0.25, 0.3) is 5.88 Å². The predicted molar refractivity (Wildman–Crippen MR) is 95.1 cm³/mol. The average Bonchev–Trinajstić information content (AvgIpc) is 2.62. The quantitative estimate of drug-likeness (QED) is 0.597. The summed E-state index contributed by atoms with van der Waals surface area (Å²) in [4.78, 5) is 23.8. The van der Waals surface area contributed by atoms with Crippen molar-refractivity contribution in [3.8, 4) is 5.88 Å². The zero-order valence-electron chi connectivity index (χ0n) is 15.1. The lowest BCUT2D eigenvalue weighted by molar-refractivity contribution is -0.385. The number of nitro groups is 1. The fourth-order valence-corrected chi connectivity index (χ4v) is 3.75. The van der Waals surface area contributed by atoms with Crippen molar-refractivity contribution in [3.63, 3.8) is 0 Å². The Labute approximate surface area is 148 Å². The molecule has 1 aliphatic carbocycles. The zero-order valence-corrected chi connectivity index (χ0v) is 15.1. The fourth-order valence-electron chi connectivity index (χ4n) is 3.75. The Morgan fingerprint density at radius 1 is 1.20 bits per heavy atom. The second-order valence-electron chi connectivity index (χ2n) is 7.13. The lowest BCUT2D eigenvalue weighted by Crippen LogP contribution is -2.42. The number of anilines is 1. The first-order valence-electron chi connectivity index (χ1n) is 9.13. The van der Waals surface area contributed by atoms with Crippen LogP contribution < -0.4 is 9.64 Å². The first kappa shape index (κ1) is 17.8. The van der Waals surface area contributed by atoms with Crippen molar-refractivity contribution in [1.82, 2.24) is 14.9 Å². The average molecular weight is 349 g/mol. The summed E-state index contributed by atoms with van der Waals surface area (Å²) in [6.07, 6.45) is 8.60. The second kappa shape index (κ2) is 7.95. The van der Waals surface area contributed by atoms with Gasteiger partial charge in [-0.1, -0.05) is 6.42 Å². The van der Waals surface area contributed by atoms with Gasteiger partial charge >= 0.3 is 5.69 Å². The van der Waals surface area contributed by atoms with Gasteiger partial charge in [0, 0.05) is 13.1 Å². The minimum atomic E-state index is -0.404. The third kappa shape index (κ3) is 4.18. The van der Waals surface area contributed by atoms with Crippen LogP contribution in [0.1, 0.15) is 44.9 Å². The number of ether oxygens (including phenoxy) is 1. The lowest BCUT2D eigenvalue weighted by Gasteiger charge is -2.35. The summed E-state index contributed by atoms with van der Waals surface area (Å²) in [5.41, 5.74) is -0.102. The highest BCUT2D eigenvalue weighted by atomic mass is 16.6. The van der Waals surface area contributed by atoms with Gasteiger partial charge < -0.3 is 14.5 Å². The first-order valence-corrected chi connectivity index (χ1v) is 9.13. The lowest BCUT2D eigenvalue weighted by atomic mass is 9.98. The third-order valence-corrected chi connectivity index (χ3v) is 5.35. The van der Waals surface area contributed by atoms with Gasteiger partial charge in [-0.25, -0.2) is 4.98 Å². The maximum absolute atomic E-state index is 11.7. The normalized spacial score (nSPS) is 20.4. The molecule has 25 heavy (non-hydrogen) atoms. The van der Waals surface area contributed by atoms with Crippen LogP contribution in [0.25, 0.3) is 0 Å².